The van der Waals surface area contributed by atoms with Crippen molar-refractivity contribution in [2.75, 3.05) is 0 Å². The summed E-state index contributed by atoms with van der Waals surface area (Å²) in [7, 11) is 0. The Morgan fingerprint density at radius 1 is 1.37 bits per heavy atom. The molecule has 7 nitrogen and oxygen atoms in total. The SMILES string of the molecule is O=C(O)c1cccc(OCc2ccco2)c1[N+](=O)[O-]. The first-order chi connectivity index (χ1) is 9.09. The molecule has 0 radical (unpaired) electrons. The third kappa shape index (κ3) is 2.71. The largest absolute Gasteiger partial charge is 0.479 e. The fraction of sp³-hybridized carbons (Fsp3) is 0.0833. The molecule has 0 amide bonds. The van der Waals surface area contributed by atoms with E-state index in [1.807, 2.05) is 0 Å². The van der Waals surface area contributed by atoms with E-state index >= 15 is 0 Å². The lowest BCUT2D eigenvalue weighted by Crippen LogP contribution is -2.05. The van der Waals surface area contributed by atoms with Gasteiger partial charge in [-0.25, -0.2) is 4.79 Å². The summed E-state index contributed by atoms with van der Waals surface area (Å²) in [6.07, 6.45) is 1.45. The van der Waals surface area contributed by atoms with Crippen LogP contribution in [0, 0.1) is 10.1 Å². The predicted molar refractivity (Wildman–Crippen MR) is 63.1 cm³/mol. The van der Waals surface area contributed by atoms with Gasteiger partial charge in [-0.3, -0.25) is 10.1 Å². The summed E-state index contributed by atoms with van der Waals surface area (Å²) in [5.41, 5.74) is -0.983. The van der Waals surface area contributed by atoms with Crippen LogP contribution in [0.25, 0.3) is 0 Å². The second kappa shape index (κ2) is 5.21. The van der Waals surface area contributed by atoms with E-state index in [2.05, 4.69) is 0 Å². The third-order valence-corrected chi connectivity index (χ3v) is 2.36. The van der Waals surface area contributed by atoms with Gasteiger partial charge in [-0.1, -0.05) is 6.07 Å². The van der Waals surface area contributed by atoms with Gasteiger partial charge in [0, 0.05) is 0 Å². The minimum Gasteiger partial charge on any atom is -0.479 e. The predicted octanol–water partition coefficient (Wildman–Crippen LogP) is 2.47. The van der Waals surface area contributed by atoms with Gasteiger partial charge in [-0.2, -0.15) is 0 Å². The van der Waals surface area contributed by atoms with Crippen molar-refractivity contribution in [3.8, 4) is 5.75 Å². The number of carboxylic acid groups (broad SMARTS) is 1. The summed E-state index contributed by atoms with van der Waals surface area (Å²) >= 11 is 0. The van der Waals surface area contributed by atoms with Gasteiger partial charge in [0.25, 0.3) is 0 Å². The zero-order valence-electron chi connectivity index (χ0n) is 9.61. The van der Waals surface area contributed by atoms with Crippen molar-refractivity contribution in [2.45, 2.75) is 6.61 Å². The molecule has 2 aromatic rings. The molecule has 7 heteroatoms. The van der Waals surface area contributed by atoms with E-state index in [1.165, 1.54) is 18.4 Å². The van der Waals surface area contributed by atoms with Gasteiger partial charge in [0.2, 0.25) is 0 Å². The van der Waals surface area contributed by atoms with E-state index in [-0.39, 0.29) is 12.4 Å². The van der Waals surface area contributed by atoms with Crippen molar-refractivity contribution >= 4 is 11.7 Å². The molecule has 0 aliphatic carbocycles. The van der Waals surface area contributed by atoms with Crippen LogP contribution in [0.4, 0.5) is 5.69 Å². The quantitative estimate of drug-likeness (QED) is 0.656. The smallest absolute Gasteiger partial charge is 0.342 e. The van der Waals surface area contributed by atoms with Crippen LogP contribution >= 0.6 is 0 Å². The van der Waals surface area contributed by atoms with E-state index < -0.39 is 22.1 Å². The standard InChI is InChI=1S/C12H9NO6/c14-12(15)9-4-1-5-10(11(9)13(16)17)19-7-8-3-2-6-18-8/h1-6H,7H2,(H,14,15). The molecule has 2 rings (SSSR count). The first-order valence-electron chi connectivity index (χ1n) is 5.25. The normalized spacial score (nSPS) is 10.1. The van der Waals surface area contributed by atoms with Crippen LogP contribution in [0.15, 0.2) is 41.0 Å². The second-order valence-electron chi connectivity index (χ2n) is 3.58. The maximum atomic E-state index is 10.9. The van der Waals surface area contributed by atoms with Gasteiger partial charge in [0.05, 0.1) is 11.2 Å². The summed E-state index contributed by atoms with van der Waals surface area (Å²) in [5.74, 6) is -1.01. The lowest BCUT2D eigenvalue weighted by atomic mass is 10.1. The molecule has 0 aliphatic rings. The number of carboxylic acids is 1. The van der Waals surface area contributed by atoms with Gasteiger partial charge in [0.15, 0.2) is 5.75 Å². The molecule has 0 saturated carbocycles. The maximum Gasteiger partial charge on any atom is 0.342 e. The molecule has 0 aliphatic heterocycles. The molecular weight excluding hydrogens is 254 g/mol. The van der Waals surface area contributed by atoms with Crippen molar-refractivity contribution in [3.63, 3.8) is 0 Å². The Balaban J connectivity index is 2.31. The third-order valence-electron chi connectivity index (χ3n) is 2.36. The number of hydrogen-bond acceptors (Lipinski definition) is 5. The summed E-state index contributed by atoms with van der Waals surface area (Å²) < 4.78 is 10.3. The molecule has 0 unspecified atom stereocenters. The highest BCUT2D eigenvalue weighted by Crippen LogP contribution is 2.31. The van der Waals surface area contributed by atoms with Crippen molar-refractivity contribution < 1.29 is 24.0 Å². The van der Waals surface area contributed by atoms with Gasteiger partial charge in [-0.05, 0) is 24.3 Å². The number of rotatable bonds is 5. The van der Waals surface area contributed by atoms with Crippen molar-refractivity contribution in [2.24, 2.45) is 0 Å². The molecule has 0 saturated heterocycles. The number of nitro groups is 1. The summed E-state index contributed by atoms with van der Waals surface area (Å²) in [4.78, 5) is 21.1. The second-order valence-corrected chi connectivity index (χ2v) is 3.58. The first kappa shape index (κ1) is 12.6. The van der Waals surface area contributed by atoms with Crippen LogP contribution in [0.1, 0.15) is 16.1 Å². The van der Waals surface area contributed by atoms with Crippen LogP contribution in [0.5, 0.6) is 5.75 Å². The summed E-state index contributed by atoms with van der Waals surface area (Å²) in [6, 6.07) is 7.18. The van der Waals surface area contributed by atoms with Crippen molar-refractivity contribution in [1.29, 1.82) is 0 Å². The van der Waals surface area contributed by atoms with Crippen molar-refractivity contribution in [3.05, 3.63) is 58.0 Å². The molecule has 19 heavy (non-hydrogen) atoms. The first-order valence-corrected chi connectivity index (χ1v) is 5.25. The van der Waals surface area contributed by atoms with Gasteiger partial charge in [0.1, 0.15) is 17.9 Å². The summed E-state index contributed by atoms with van der Waals surface area (Å²) in [5, 5.41) is 19.9. The summed E-state index contributed by atoms with van der Waals surface area (Å²) in [6.45, 7) is -0.0170. The molecule has 1 aromatic carbocycles. The van der Waals surface area contributed by atoms with Crippen LogP contribution in [0.3, 0.4) is 0 Å². The highest BCUT2D eigenvalue weighted by Gasteiger charge is 2.25. The molecule has 0 fully saturated rings. The monoisotopic (exact) mass is 263 g/mol. The lowest BCUT2D eigenvalue weighted by Gasteiger charge is -2.06. The van der Waals surface area contributed by atoms with E-state index in [0.29, 0.717) is 5.76 Å². The lowest BCUT2D eigenvalue weighted by molar-refractivity contribution is -0.386. The molecule has 98 valence electrons. The Kier molecular flexibility index (Phi) is 3.46. The number of nitro benzene ring substituents is 1. The average molecular weight is 263 g/mol. The van der Waals surface area contributed by atoms with Crippen LogP contribution in [-0.4, -0.2) is 16.0 Å². The van der Waals surface area contributed by atoms with E-state index in [0.717, 1.165) is 6.07 Å². The number of furan rings is 1. The number of para-hydroxylation sites is 1. The van der Waals surface area contributed by atoms with E-state index in [4.69, 9.17) is 14.3 Å². The molecular formula is C12H9NO6. The van der Waals surface area contributed by atoms with Gasteiger partial charge >= 0.3 is 11.7 Å². The maximum absolute atomic E-state index is 10.9. The van der Waals surface area contributed by atoms with Gasteiger partial charge < -0.3 is 14.3 Å². The molecule has 0 atom stereocenters. The van der Waals surface area contributed by atoms with Crippen molar-refractivity contribution in [1.82, 2.24) is 0 Å². The zero-order chi connectivity index (χ0) is 13.8. The van der Waals surface area contributed by atoms with Crippen LogP contribution < -0.4 is 4.74 Å². The Morgan fingerprint density at radius 3 is 2.74 bits per heavy atom. The molecule has 1 aromatic heterocycles. The number of carbonyl (C=O) groups is 1. The number of benzene rings is 1. The topological polar surface area (TPSA) is 103 Å². The number of hydrogen-bond donors (Lipinski definition) is 1. The highest BCUT2D eigenvalue weighted by molar-refractivity contribution is 5.93. The number of ether oxygens (including phenoxy) is 1. The minimum atomic E-state index is -1.38. The number of aromatic carboxylic acids is 1. The molecule has 0 spiro atoms. The Bertz CT molecular complexity index is 605. The number of nitrogens with zero attached hydrogens (tertiary/aromatic N) is 1. The Morgan fingerprint density at radius 2 is 2.16 bits per heavy atom. The van der Waals surface area contributed by atoms with Crippen LogP contribution in [0.2, 0.25) is 0 Å². The van der Waals surface area contributed by atoms with E-state index in [1.54, 1.807) is 12.1 Å². The highest BCUT2D eigenvalue weighted by atomic mass is 16.6. The average Bonchev–Trinajstić information content (AvgIpc) is 2.88. The van der Waals surface area contributed by atoms with Gasteiger partial charge in [-0.15, -0.1) is 0 Å². The van der Waals surface area contributed by atoms with Crippen LogP contribution in [-0.2, 0) is 6.61 Å². The minimum absolute atomic E-state index is 0.0170. The molecule has 1 N–H and O–H groups in total. The fourth-order valence-corrected chi connectivity index (χ4v) is 1.54. The Labute approximate surface area is 107 Å². The zero-order valence-corrected chi connectivity index (χ0v) is 9.61. The molecule has 1 heterocycles. The Hall–Kier alpha value is -2.83. The fourth-order valence-electron chi connectivity index (χ4n) is 1.54. The van der Waals surface area contributed by atoms with E-state index in [9.17, 15) is 14.9 Å². The molecule has 0 bridgehead atoms.